The fourth-order valence-corrected chi connectivity index (χ4v) is 3.28. The van der Waals surface area contributed by atoms with Crippen molar-refractivity contribution in [2.24, 2.45) is 0 Å². The van der Waals surface area contributed by atoms with E-state index in [0.29, 0.717) is 0 Å². The number of phosphoric ester groups is 3. The lowest BCUT2D eigenvalue weighted by atomic mass is 10.5. The van der Waals surface area contributed by atoms with Crippen molar-refractivity contribution in [2.45, 2.75) is 6.92 Å². The van der Waals surface area contributed by atoms with Crippen LogP contribution in [0.2, 0.25) is 0 Å². The van der Waals surface area contributed by atoms with Gasteiger partial charge in [0.1, 0.15) is 21.5 Å². The Morgan fingerprint density at radius 1 is 0.657 bits per heavy atom. The summed E-state index contributed by atoms with van der Waals surface area (Å²) in [5, 5.41) is 8.50. The quantitative estimate of drug-likeness (QED) is 0.126. The number of aliphatic carboxylic acids is 1. The smallest absolute Gasteiger partial charge is 0.475 e. The van der Waals surface area contributed by atoms with Crippen LogP contribution in [0.1, 0.15) is 6.92 Å². The third-order valence-electron chi connectivity index (χ3n) is 2.57. The first kappa shape index (κ1) is 39.2. The molecule has 14 nitrogen and oxygen atoms in total. The van der Waals surface area contributed by atoms with Gasteiger partial charge in [-0.3, -0.25) is 27.1 Å². The Balaban J connectivity index is -0.000000441. The summed E-state index contributed by atoms with van der Waals surface area (Å²) in [6.07, 6.45) is 2.89. The van der Waals surface area contributed by atoms with Gasteiger partial charge in [0.2, 0.25) is 5.76 Å². The van der Waals surface area contributed by atoms with Gasteiger partial charge >= 0.3 is 29.4 Å². The van der Waals surface area contributed by atoms with Crippen LogP contribution in [0.4, 0.5) is 0 Å². The molecule has 0 radical (unpaired) electrons. The lowest BCUT2D eigenvalue weighted by Gasteiger charge is -2.13. The second-order valence-corrected chi connectivity index (χ2v) is 12.0. The monoisotopic (exact) mass is 650 g/mol. The average Bonchev–Trinajstić information content (AvgIpc) is 2.84. The van der Waals surface area contributed by atoms with Crippen LogP contribution in [-0.4, -0.2) is 53.7 Å². The third kappa shape index (κ3) is 20.4. The predicted octanol–water partition coefficient (Wildman–Crippen LogP) is 6.75. The number of hydrogen-bond donors (Lipinski definition) is 1. The lowest BCUT2D eigenvalue weighted by molar-refractivity contribution is -0.135. The SMILES string of the molecule is C/C=C(/OP(=O)(OC)OC)C(=O)O.COP(=O)(OC)OC=C(Cl)Cl.COP(=O)(OC)OC=C(Cl)Cl. The van der Waals surface area contributed by atoms with Gasteiger partial charge in [-0.15, -0.1) is 0 Å². The summed E-state index contributed by atoms with van der Waals surface area (Å²) in [6, 6.07) is 0. The van der Waals surface area contributed by atoms with Gasteiger partial charge in [-0.2, -0.15) is 0 Å². The molecule has 0 aromatic carbocycles. The van der Waals surface area contributed by atoms with Gasteiger partial charge in [0.05, 0.1) is 0 Å². The summed E-state index contributed by atoms with van der Waals surface area (Å²) >= 11 is 20.7. The highest BCUT2D eigenvalue weighted by Gasteiger charge is 2.28. The van der Waals surface area contributed by atoms with Gasteiger partial charge in [-0.05, 0) is 13.0 Å². The van der Waals surface area contributed by atoms with Crippen molar-refractivity contribution < 1.29 is 64.3 Å². The molecule has 0 aromatic heterocycles. The molecule has 0 bridgehead atoms. The van der Waals surface area contributed by atoms with Crippen molar-refractivity contribution in [2.75, 3.05) is 42.7 Å². The first-order chi connectivity index (χ1) is 16.1. The third-order valence-corrected chi connectivity index (χ3v) is 6.75. The fourth-order valence-electron chi connectivity index (χ4n) is 1.01. The molecule has 0 amide bonds. The minimum absolute atomic E-state index is 0.167. The molecule has 0 aliphatic rings. The van der Waals surface area contributed by atoms with Crippen LogP contribution in [0.5, 0.6) is 0 Å². The maximum atomic E-state index is 11.3. The van der Waals surface area contributed by atoms with E-state index in [-0.39, 0.29) is 8.98 Å². The molecule has 0 heterocycles. The zero-order valence-electron chi connectivity index (χ0n) is 19.3. The second kappa shape index (κ2) is 20.7. The Bertz CT molecular complexity index is 789. The number of allylic oxidation sites excluding steroid dienone is 1. The summed E-state index contributed by atoms with van der Waals surface area (Å²) < 4.78 is 72.7. The maximum absolute atomic E-state index is 11.3. The maximum Gasteiger partial charge on any atom is 0.529 e. The van der Waals surface area contributed by atoms with Crippen molar-refractivity contribution in [3.8, 4) is 0 Å². The Labute approximate surface area is 222 Å². The molecule has 0 fully saturated rings. The number of rotatable bonds is 13. The molecule has 21 heteroatoms. The highest BCUT2D eigenvalue weighted by Crippen LogP contribution is 2.50. The van der Waals surface area contributed by atoms with Gasteiger partial charge < -0.3 is 18.7 Å². The number of carbonyl (C=O) groups is 1. The zero-order valence-corrected chi connectivity index (χ0v) is 25.0. The topological polar surface area (TPSA) is 172 Å². The highest BCUT2D eigenvalue weighted by molar-refractivity contribution is 7.49. The molecule has 0 atom stereocenters. The van der Waals surface area contributed by atoms with Gasteiger partial charge in [-0.25, -0.2) is 18.5 Å². The van der Waals surface area contributed by atoms with E-state index in [1.807, 2.05) is 0 Å². The minimum atomic E-state index is -3.76. The van der Waals surface area contributed by atoms with E-state index in [1.165, 1.54) is 35.4 Å². The van der Waals surface area contributed by atoms with E-state index in [2.05, 4.69) is 40.7 Å². The molecule has 208 valence electrons. The number of carboxylic acid groups (broad SMARTS) is 1. The van der Waals surface area contributed by atoms with E-state index in [1.54, 1.807) is 0 Å². The van der Waals surface area contributed by atoms with Gasteiger partial charge in [0.25, 0.3) is 0 Å². The summed E-state index contributed by atoms with van der Waals surface area (Å²) in [5.74, 6) is -1.82. The Hall–Kier alpha value is -0.300. The van der Waals surface area contributed by atoms with E-state index >= 15 is 0 Å². The molecule has 0 aliphatic heterocycles. The summed E-state index contributed by atoms with van der Waals surface area (Å²) in [4.78, 5) is 10.4. The van der Waals surface area contributed by atoms with Crippen molar-refractivity contribution in [3.63, 3.8) is 0 Å². The molecule has 35 heavy (non-hydrogen) atoms. The molecule has 0 aromatic rings. The molecule has 0 rings (SSSR count). The summed E-state index contributed by atoms with van der Waals surface area (Å²) in [7, 11) is -3.80. The zero-order chi connectivity index (χ0) is 28.3. The molecule has 0 spiro atoms. The van der Waals surface area contributed by atoms with Crippen LogP contribution >= 0.6 is 69.9 Å². The second-order valence-electron chi connectivity index (χ2n) is 4.51. The molecule has 0 aliphatic carbocycles. The largest absolute Gasteiger partial charge is 0.529 e. The van der Waals surface area contributed by atoms with Crippen LogP contribution in [0.25, 0.3) is 0 Å². The molecule has 0 saturated heterocycles. The average molecular weight is 652 g/mol. The van der Waals surface area contributed by atoms with Crippen LogP contribution in [0.3, 0.4) is 0 Å². The Morgan fingerprint density at radius 2 is 0.943 bits per heavy atom. The number of phosphoric acid groups is 3. The van der Waals surface area contributed by atoms with E-state index in [4.69, 9.17) is 51.5 Å². The Kier molecular flexibility index (Phi) is 23.2. The normalized spacial score (nSPS) is 11.6. The molecule has 1 N–H and O–H groups in total. The molecular formula is C14H25Cl4O14P3. The lowest BCUT2D eigenvalue weighted by Crippen LogP contribution is -2.05. The van der Waals surface area contributed by atoms with Gasteiger partial charge in [0, 0.05) is 42.7 Å². The highest BCUT2D eigenvalue weighted by atomic mass is 35.5. The number of carboxylic acids is 1. The molecular weight excluding hydrogens is 627 g/mol. The standard InChI is InChI=1S/C6H11O6P.2C4H7Cl2O4P/c1-4-5(6(7)8)12-13(9,10-2)11-3;2*1-8-11(7,9-2)10-3-4(5)6/h4H,1-3H3,(H,7,8);2*3H,1-2H3/b5-4+;;. The van der Waals surface area contributed by atoms with Crippen molar-refractivity contribution in [1.29, 1.82) is 0 Å². The summed E-state index contributed by atoms with van der Waals surface area (Å²) in [6.45, 7) is 1.43. The fraction of sp³-hybridized carbons (Fsp3) is 0.500. The van der Waals surface area contributed by atoms with E-state index < -0.39 is 35.2 Å². The number of hydrogen-bond acceptors (Lipinski definition) is 13. The van der Waals surface area contributed by atoms with Crippen LogP contribution in [-0.2, 0) is 59.2 Å². The first-order valence-electron chi connectivity index (χ1n) is 8.19. The predicted molar refractivity (Wildman–Crippen MR) is 129 cm³/mol. The van der Waals surface area contributed by atoms with E-state index in [9.17, 15) is 18.5 Å². The Morgan fingerprint density at radius 3 is 1.11 bits per heavy atom. The van der Waals surface area contributed by atoms with Gasteiger partial charge in [0.15, 0.2) is 0 Å². The van der Waals surface area contributed by atoms with E-state index in [0.717, 1.165) is 32.8 Å². The van der Waals surface area contributed by atoms with Crippen LogP contribution in [0.15, 0.2) is 33.3 Å². The number of halogens is 4. The first-order valence-corrected chi connectivity index (χ1v) is 14.1. The molecule has 0 unspecified atom stereocenters. The molecule has 0 saturated carbocycles. The van der Waals surface area contributed by atoms with Crippen molar-refractivity contribution in [3.05, 3.63) is 33.3 Å². The van der Waals surface area contributed by atoms with Crippen LogP contribution in [0, 0.1) is 0 Å². The van der Waals surface area contributed by atoms with Crippen molar-refractivity contribution >= 4 is 75.8 Å². The van der Waals surface area contributed by atoms with Gasteiger partial charge in [-0.1, -0.05) is 46.4 Å². The van der Waals surface area contributed by atoms with Crippen LogP contribution < -0.4 is 0 Å². The minimum Gasteiger partial charge on any atom is -0.475 e. The van der Waals surface area contributed by atoms with Crippen molar-refractivity contribution in [1.82, 2.24) is 0 Å². The summed E-state index contributed by atoms with van der Waals surface area (Å²) in [5.41, 5.74) is 0.